The van der Waals surface area contributed by atoms with Crippen molar-refractivity contribution in [2.24, 2.45) is 12.0 Å². The van der Waals surface area contributed by atoms with Gasteiger partial charge in [-0.2, -0.15) is 5.10 Å². The lowest BCUT2D eigenvalue weighted by molar-refractivity contribution is 0.110. The number of hydrogen-bond donors (Lipinski definition) is 2. The SMILES string of the molecule is CCOCCOc1cc(C)ccc1CNC(=NC)NCc1ccnn1C. The van der Waals surface area contributed by atoms with Gasteiger partial charge in [0.2, 0.25) is 0 Å². The first-order valence-electron chi connectivity index (χ1n) is 8.85. The first-order chi connectivity index (χ1) is 12.6. The highest BCUT2D eigenvalue weighted by Gasteiger charge is 2.07. The van der Waals surface area contributed by atoms with Crippen molar-refractivity contribution in [1.82, 2.24) is 20.4 Å². The number of benzene rings is 1. The molecule has 1 heterocycles. The fourth-order valence-electron chi connectivity index (χ4n) is 2.45. The summed E-state index contributed by atoms with van der Waals surface area (Å²) < 4.78 is 13.1. The maximum absolute atomic E-state index is 5.88. The molecule has 0 aliphatic carbocycles. The van der Waals surface area contributed by atoms with E-state index >= 15 is 0 Å². The number of rotatable bonds is 9. The van der Waals surface area contributed by atoms with Crippen LogP contribution in [0.2, 0.25) is 0 Å². The van der Waals surface area contributed by atoms with Crippen LogP contribution >= 0.6 is 0 Å². The van der Waals surface area contributed by atoms with Crippen LogP contribution in [0.1, 0.15) is 23.7 Å². The Bertz CT molecular complexity index is 712. The molecule has 0 bridgehead atoms. The number of aryl methyl sites for hydroxylation is 2. The minimum atomic E-state index is 0.539. The highest BCUT2D eigenvalue weighted by atomic mass is 16.5. The number of ether oxygens (including phenoxy) is 2. The third kappa shape index (κ3) is 6.07. The van der Waals surface area contributed by atoms with E-state index in [4.69, 9.17) is 9.47 Å². The van der Waals surface area contributed by atoms with E-state index in [-0.39, 0.29) is 0 Å². The van der Waals surface area contributed by atoms with Crippen LogP contribution < -0.4 is 15.4 Å². The lowest BCUT2D eigenvalue weighted by atomic mass is 10.1. The van der Waals surface area contributed by atoms with Crippen molar-refractivity contribution in [3.8, 4) is 5.75 Å². The molecule has 0 unspecified atom stereocenters. The van der Waals surface area contributed by atoms with Crippen LogP contribution in [0.3, 0.4) is 0 Å². The van der Waals surface area contributed by atoms with Gasteiger partial charge in [-0.3, -0.25) is 9.67 Å². The summed E-state index contributed by atoms with van der Waals surface area (Å²) in [5, 5.41) is 10.8. The van der Waals surface area contributed by atoms with Gasteiger partial charge in [0.15, 0.2) is 5.96 Å². The highest BCUT2D eigenvalue weighted by molar-refractivity contribution is 5.79. The van der Waals surface area contributed by atoms with Gasteiger partial charge in [0.1, 0.15) is 12.4 Å². The summed E-state index contributed by atoms with van der Waals surface area (Å²) in [5.74, 6) is 1.60. The molecule has 26 heavy (non-hydrogen) atoms. The molecular weight excluding hydrogens is 330 g/mol. The lowest BCUT2D eigenvalue weighted by Crippen LogP contribution is -2.36. The minimum absolute atomic E-state index is 0.539. The number of guanidine groups is 1. The fourth-order valence-corrected chi connectivity index (χ4v) is 2.45. The van der Waals surface area contributed by atoms with Crippen LogP contribution in [0.5, 0.6) is 5.75 Å². The predicted molar refractivity (Wildman–Crippen MR) is 103 cm³/mol. The number of nitrogens with zero attached hydrogens (tertiary/aromatic N) is 3. The van der Waals surface area contributed by atoms with E-state index in [1.807, 2.05) is 24.7 Å². The van der Waals surface area contributed by atoms with Crippen LogP contribution in [0.15, 0.2) is 35.5 Å². The van der Waals surface area contributed by atoms with Gasteiger partial charge in [-0.15, -0.1) is 0 Å². The lowest BCUT2D eigenvalue weighted by Gasteiger charge is -2.15. The van der Waals surface area contributed by atoms with E-state index in [1.165, 1.54) is 5.56 Å². The molecule has 0 saturated carbocycles. The predicted octanol–water partition coefficient (Wildman–Crippen LogP) is 2.01. The van der Waals surface area contributed by atoms with Crippen molar-refractivity contribution in [1.29, 1.82) is 0 Å². The Morgan fingerprint density at radius 1 is 1.19 bits per heavy atom. The van der Waals surface area contributed by atoms with Crippen LogP contribution in [0, 0.1) is 6.92 Å². The van der Waals surface area contributed by atoms with Gasteiger partial charge in [-0.1, -0.05) is 12.1 Å². The highest BCUT2D eigenvalue weighted by Crippen LogP contribution is 2.20. The summed E-state index contributed by atoms with van der Waals surface area (Å²) in [4.78, 5) is 4.27. The second kappa shape index (κ2) is 10.5. The van der Waals surface area contributed by atoms with Crippen LogP contribution in [-0.4, -0.2) is 42.6 Å². The van der Waals surface area contributed by atoms with Gasteiger partial charge >= 0.3 is 0 Å². The number of aromatic nitrogens is 2. The van der Waals surface area contributed by atoms with Crippen molar-refractivity contribution in [3.05, 3.63) is 47.3 Å². The topological polar surface area (TPSA) is 72.7 Å². The van der Waals surface area contributed by atoms with E-state index in [0.29, 0.717) is 32.9 Å². The summed E-state index contributed by atoms with van der Waals surface area (Å²) >= 11 is 0. The molecule has 0 spiro atoms. The Kier molecular flexibility index (Phi) is 7.95. The van der Waals surface area contributed by atoms with Crippen molar-refractivity contribution in [2.75, 3.05) is 26.9 Å². The smallest absolute Gasteiger partial charge is 0.191 e. The summed E-state index contributed by atoms with van der Waals surface area (Å²) in [6.07, 6.45) is 1.78. The summed E-state index contributed by atoms with van der Waals surface area (Å²) in [6, 6.07) is 8.18. The molecule has 7 nitrogen and oxygen atoms in total. The molecule has 2 aromatic rings. The third-order valence-electron chi connectivity index (χ3n) is 3.94. The molecule has 1 aromatic carbocycles. The Morgan fingerprint density at radius 3 is 2.69 bits per heavy atom. The first-order valence-corrected chi connectivity index (χ1v) is 8.85. The molecule has 0 amide bonds. The molecule has 2 N–H and O–H groups in total. The third-order valence-corrected chi connectivity index (χ3v) is 3.94. The maximum Gasteiger partial charge on any atom is 0.191 e. The molecule has 2 rings (SSSR count). The number of aliphatic imine (C=N–C) groups is 1. The molecule has 0 atom stereocenters. The van der Waals surface area contributed by atoms with Gasteiger partial charge in [0.25, 0.3) is 0 Å². The second-order valence-electron chi connectivity index (χ2n) is 5.88. The zero-order valence-electron chi connectivity index (χ0n) is 16.1. The fraction of sp³-hybridized carbons (Fsp3) is 0.474. The largest absolute Gasteiger partial charge is 0.491 e. The Hall–Kier alpha value is -2.54. The monoisotopic (exact) mass is 359 g/mol. The number of nitrogens with one attached hydrogen (secondary N) is 2. The summed E-state index contributed by atoms with van der Waals surface area (Å²) in [7, 11) is 3.68. The van der Waals surface area contributed by atoms with Crippen LogP contribution in [0.25, 0.3) is 0 Å². The van der Waals surface area contributed by atoms with Crippen molar-refractivity contribution in [2.45, 2.75) is 26.9 Å². The Morgan fingerprint density at radius 2 is 2.00 bits per heavy atom. The van der Waals surface area contributed by atoms with E-state index < -0.39 is 0 Å². The zero-order valence-corrected chi connectivity index (χ0v) is 16.1. The van der Waals surface area contributed by atoms with Crippen LogP contribution in [0.4, 0.5) is 0 Å². The Labute approximate surface area is 155 Å². The summed E-state index contributed by atoms with van der Waals surface area (Å²) in [5.41, 5.74) is 3.33. The van der Waals surface area contributed by atoms with Gasteiger partial charge < -0.3 is 20.1 Å². The Balaban J connectivity index is 1.90. The van der Waals surface area contributed by atoms with Crippen molar-refractivity contribution < 1.29 is 9.47 Å². The molecule has 142 valence electrons. The normalized spacial score (nSPS) is 11.5. The summed E-state index contributed by atoms with van der Waals surface area (Å²) in [6.45, 7) is 7.14. The van der Waals surface area contributed by atoms with Crippen LogP contribution in [-0.2, 0) is 24.9 Å². The first kappa shape index (κ1) is 19.8. The molecule has 0 aliphatic heterocycles. The van der Waals surface area contributed by atoms with Crippen molar-refractivity contribution in [3.63, 3.8) is 0 Å². The van der Waals surface area contributed by atoms with E-state index in [2.05, 4.69) is 45.8 Å². The van der Waals surface area contributed by atoms with E-state index in [1.54, 1.807) is 13.2 Å². The van der Waals surface area contributed by atoms with Gasteiger partial charge in [-0.05, 0) is 31.5 Å². The molecule has 0 aliphatic rings. The molecule has 0 fully saturated rings. The zero-order chi connectivity index (χ0) is 18.8. The average molecular weight is 359 g/mol. The maximum atomic E-state index is 5.88. The molecule has 0 radical (unpaired) electrons. The van der Waals surface area contributed by atoms with Gasteiger partial charge in [-0.25, -0.2) is 0 Å². The standard InChI is InChI=1S/C19H29N5O2/c1-5-25-10-11-26-18-12-15(2)6-7-16(18)13-21-19(20-3)22-14-17-8-9-23-24(17)4/h6-9,12H,5,10-11,13-14H2,1-4H3,(H2,20,21,22). The van der Waals surface area contributed by atoms with Crippen molar-refractivity contribution >= 4 is 5.96 Å². The molecule has 1 aromatic heterocycles. The van der Waals surface area contributed by atoms with E-state index in [9.17, 15) is 0 Å². The minimum Gasteiger partial charge on any atom is -0.491 e. The average Bonchev–Trinajstić information content (AvgIpc) is 3.05. The second-order valence-corrected chi connectivity index (χ2v) is 5.88. The van der Waals surface area contributed by atoms with E-state index in [0.717, 1.165) is 23.0 Å². The number of hydrogen-bond acceptors (Lipinski definition) is 4. The molecule has 7 heteroatoms. The quantitative estimate of drug-likeness (QED) is 0.407. The van der Waals surface area contributed by atoms with Gasteiger partial charge in [0, 0.05) is 39.0 Å². The molecule has 0 saturated heterocycles. The molecular formula is C19H29N5O2. The van der Waals surface area contributed by atoms with Gasteiger partial charge in [0.05, 0.1) is 18.8 Å².